The molecule has 0 unspecified atom stereocenters. The van der Waals surface area contributed by atoms with Crippen molar-refractivity contribution in [3.63, 3.8) is 0 Å². The van der Waals surface area contributed by atoms with Crippen LogP contribution in [0, 0.1) is 0 Å². The van der Waals surface area contributed by atoms with Gasteiger partial charge >= 0.3 is 0 Å². The second kappa shape index (κ2) is 12.0. The van der Waals surface area contributed by atoms with Gasteiger partial charge in [0.1, 0.15) is 11.2 Å². The molecule has 10 aromatic carbocycles. The van der Waals surface area contributed by atoms with Crippen molar-refractivity contribution in [1.29, 1.82) is 0 Å². The SMILES string of the molecule is [2H]c1c([2H])c([2H])c2c(-c3ccc(-c4ccc5c(c4)c4ccccc4n5-c4ccccc4)c4oc5ccccc5c34)c3c([2H])c([2H])c([2H])c([2H])c3c(-c3cccc4ccccc34)c2c1[2H]. The van der Waals surface area contributed by atoms with Gasteiger partial charge in [-0.2, -0.15) is 0 Å². The second-order valence-corrected chi connectivity index (χ2v) is 14.2. The van der Waals surface area contributed by atoms with Crippen molar-refractivity contribution in [2.45, 2.75) is 0 Å². The van der Waals surface area contributed by atoms with Gasteiger partial charge in [-0.15, -0.1) is 0 Å². The van der Waals surface area contributed by atoms with Crippen LogP contribution in [-0.2, 0) is 0 Å². The fraction of sp³-hybridized carbons (Fsp3) is 0. The standard InChI is InChI=1S/C54H33NO/c1-2-17-36(18-3-1)55-48-27-12-10-20-39(48)47-33-35(29-32-49(47)55)38-30-31-46(53-45-25-11-13-28-50(45)56-54(38)53)52-43-23-8-6-21-41(43)51(42-22-7-9-24-44(42)52)40-26-14-16-34-15-4-5-19-37(34)40/h1-33H/i6D,7D,8D,9D,21D,22D,23D,24D. The number of hydrogen-bond donors (Lipinski definition) is 0. The zero-order valence-electron chi connectivity index (χ0n) is 37.8. The molecule has 2 heteroatoms. The maximum atomic E-state index is 9.64. The minimum absolute atomic E-state index is 0.154. The fourth-order valence-electron chi connectivity index (χ4n) is 8.87. The van der Waals surface area contributed by atoms with Crippen molar-refractivity contribution in [3.05, 3.63) is 200 Å². The third kappa shape index (κ3) is 4.44. The van der Waals surface area contributed by atoms with Crippen molar-refractivity contribution in [2.24, 2.45) is 0 Å². The zero-order chi connectivity index (χ0) is 43.7. The molecule has 0 spiro atoms. The quantitative estimate of drug-likeness (QED) is 0.166. The van der Waals surface area contributed by atoms with Crippen LogP contribution >= 0.6 is 0 Å². The summed E-state index contributed by atoms with van der Waals surface area (Å²) in [5.74, 6) is 0. The van der Waals surface area contributed by atoms with Gasteiger partial charge in [0.25, 0.3) is 0 Å². The van der Waals surface area contributed by atoms with Gasteiger partial charge in [-0.1, -0.05) is 158 Å². The van der Waals surface area contributed by atoms with Gasteiger partial charge in [-0.3, -0.25) is 0 Å². The van der Waals surface area contributed by atoms with E-state index >= 15 is 0 Å². The summed E-state index contributed by atoms with van der Waals surface area (Å²) in [6.45, 7) is 0. The molecule has 0 aliphatic heterocycles. The average molecular weight is 720 g/mol. The smallest absolute Gasteiger partial charge is 0.143 e. The summed E-state index contributed by atoms with van der Waals surface area (Å²) in [5, 5.41) is 5.83. The normalized spacial score (nSPS) is 13.9. The lowest BCUT2D eigenvalue weighted by Crippen LogP contribution is -1.93. The highest BCUT2D eigenvalue weighted by molar-refractivity contribution is 6.28. The third-order valence-electron chi connectivity index (χ3n) is 11.2. The van der Waals surface area contributed by atoms with E-state index in [0.717, 1.165) is 54.8 Å². The number of nitrogens with zero attached hydrogens (tertiary/aromatic N) is 1. The van der Waals surface area contributed by atoms with E-state index in [4.69, 9.17) is 9.90 Å². The van der Waals surface area contributed by atoms with Crippen LogP contribution in [0.1, 0.15) is 11.0 Å². The number of furan rings is 1. The first-order valence-corrected chi connectivity index (χ1v) is 18.6. The molecule has 56 heavy (non-hydrogen) atoms. The van der Waals surface area contributed by atoms with Gasteiger partial charge in [0.05, 0.1) is 22.0 Å². The van der Waals surface area contributed by atoms with Gasteiger partial charge in [0.15, 0.2) is 0 Å². The Hall–Kier alpha value is -7.42. The molecular formula is C54H33NO. The van der Waals surface area contributed by atoms with Gasteiger partial charge in [0, 0.05) is 32.8 Å². The highest BCUT2D eigenvalue weighted by Crippen LogP contribution is 2.49. The minimum atomic E-state index is -0.448. The highest BCUT2D eigenvalue weighted by atomic mass is 16.3. The maximum Gasteiger partial charge on any atom is 0.143 e. The molecule has 260 valence electrons. The molecule has 0 amide bonds. The molecule has 0 aliphatic rings. The Kier molecular flexibility index (Phi) is 5.18. The lowest BCUT2D eigenvalue weighted by molar-refractivity contribution is 0.670. The summed E-state index contributed by atoms with van der Waals surface area (Å²) >= 11 is 0. The van der Waals surface area contributed by atoms with E-state index in [-0.39, 0.29) is 51.3 Å². The highest BCUT2D eigenvalue weighted by Gasteiger charge is 2.23. The first-order valence-electron chi connectivity index (χ1n) is 22.6. The first kappa shape index (κ1) is 24.1. The molecule has 2 heterocycles. The van der Waals surface area contributed by atoms with Crippen LogP contribution < -0.4 is 0 Å². The maximum absolute atomic E-state index is 9.64. The van der Waals surface area contributed by atoms with E-state index < -0.39 is 24.2 Å². The Bertz CT molecular complexity index is 3920. The largest absolute Gasteiger partial charge is 0.455 e. The van der Waals surface area contributed by atoms with Crippen molar-refractivity contribution in [1.82, 2.24) is 4.57 Å². The number of fused-ring (bicyclic) bond motifs is 9. The Labute approximate surface area is 334 Å². The predicted octanol–water partition coefficient (Wildman–Crippen LogP) is 15.1. The molecule has 0 bridgehead atoms. The van der Waals surface area contributed by atoms with Crippen molar-refractivity contribution >= 4 is 76.1 Å². The Balaban J connectivity index is 1.25. The van der Waals surface area contributed by atoms with Crippen molar-refractivity contribution in [2.75, 3.05) is 0 Å². The Morgan fingerprint density at radius 2 is 1.00 bits per heavy atom. The molecule has 12 aromatic rings. The summed E-state index contributed by atoms with van der Waals surface area (Å²) in [5.41, 5.74) is 7.67. The van der Waals surface area contributed by atoms with Crippen LogP contribution in [-0.4, -0.2) is 4.57 Å². The Morgan fingerprint density at radius 1 is 0.411 bits per heavy atom. The molecule has 0 atom stereocenters. The minimum Gasteiger partial charge on any atom is -0.455 e. The van der Waals surface area contributed by atoms with Crippen LogP contribution in [0.3, 0.4) is 0 Å². The van der Waals surface area contributed by atoms with E-state index in [1.54, 1.807) is 0 Å². The molecule has 12 rings (SSSR count). The van der Waals surface area contributed by atoms with Gasteiger partial charge < -0.3 is 8.98 Å². The van der Waals surface area contributed by atoms with E-state index in [2.05, 4.69) is 47.0 Å². The topological polar surface area (TPSA) is 18.1 Å². The number of para-hydroxylation sites is 3. The number of rotatable bonds is 4. The van der Waals surface area contributed by atoms with Crippen LogP contribution in [0.25, 0.3) is 115 Å². The van der Waals surface area contributed by atoms with Crippen molar-refractivity contribution < 1.29 is 15.4 Å². The lowest BCUT2D eigenvalue weighted by Gasteiger charge is -2.19. The fourth-order valence-corrected chi connectivity index (χ4v) is 8.87. The molecule has 0 N–H and O–H groups in total. The lowest BCUT2D eigenvalue weighted by atomic mass is 9.83. The molecule has 0 saturated heterocycles. The van der Waals surface area contributed by atoms with Crippen molar-refractivity contribution in [3.8, 4) is 39.1 Å². The van der Waals surface area contributed by atoms with E-state index in [9.17, 15) is 5.48 Å². The molecule has 0 saturated carbocycles. The zero-order valence-corrected chi connectivity index (χ0v) is 29.8. The van der Waals surface area contributed by atoms with Gasteiger partial charge in [0.2, 0.25) is 0 Å². The number of hydrogen-bond acceptors (Lipinski definition) is 1. The van der Waals surface area contributed by atoms with Crippen LogP contribution in [0.5, 0.6) is 0 Å². The summed E-state index contributed by atoms with van der Waals surface area (Å²) in [6, 6.07) is 46.8. The average Bonchev–Trinajstić information content (AvgIpc) is 3.89. The predicted molar refractivity (Wildman–Crippen MR) is 237 cm³/mol. The molecular weight excluding hydrogens is 679 g/mol. The monoisotopic (exact) mass is 719 g/mol. The molecule has 2 aromatic heterocycles. The Morgan fingerprint density at radius 3 is 1.77 bits per heavy atom. The van der Waals surface area contributed by atoms with Crippen LogP contribution in [0.4, 0.5) is 0 Å². The molecule has 0 aliphatic carbocycles. The summed E-state index contributed by atoms with van der Waals surface area (Å²) in [4.78, 5) is 0. The number of benzene rings is 10. The summed E-state index contributed by atoms with van der Waals surface area (Å²) < 4.78 is 83.5. The molecule has 0 fully saturated rings. The van der Waals surface area contributed by atoms with Gasteiger partial charge in [-0.05, 0) is 103 Å². The number of aromatic nitrogens is 1. The summed E-state index contributed by atoms with van der Waals surface area (Å²) in [6.07, 6.45) is 0. The van der Waals surface area contributed by atoms with Crippen LogP contribution in [0.2, 0.25) is 0 Å². The van der Waals surface area contributed by atoms with E-state index in [1.807, 2.05) is 109 Å². The molecule has 2 nitrogen and oxygen atoms in total. The summed E-state index contributed by atoms with van der Waals surface area (Å²) in [7, 11) is 0. The molecule has 0 radical (unpaired) electrons. The van der Waals surface area contributed by atoms with Crippen LogP contribution in [0.15, 0.2) is 204 Å². The van der Waals surface area contributed by atoms with E-state index in [0.29, 0.717) is 33.2 Å². The van der Waals surface area contributed by atoms with E-state index in [1.165, 1.54) is 0 Å². The first-order chi connectivity index (χ1) is 31.1. The van der Waals surface area contributed by atoms with Gasteiger partial charge in [-0.25, -0.2) is 0 Å². The second-order valence-electron chi connectivity index (χ2n) is 14.2. The third-order valence-corrected chi connectivity index (χ3v) is 11.2.